The van der Waals surface area contributed by atoms with E-state index in [-0.39, 0.29) is 26.9 Å². The van der Waals surface area contributed by atoms with Crippen molar-refractivity contribution in [1.29, 1.82) is 0 Å². The monoisotopic (exact) mass is 1360 g/mol. The first-order chi connectivity index (χ1) is 52.1. The fourth-order valence-electron chi connectivity index (χ4n) is 17.3. The van der Waals surface area contributed by atoms with Crippen LogP contribution in [0.25, 0.3) is 87.4 Å². The van der Waals surface area contributed by atoms with Crippen molar-refractivity contribution >= 4 is 226 Å². The largest absolute Gasteiger partial charge is 0.471 e. The molecule has 3 aliphatic rings. The summed E-state index contributed by atoms with van der Waals surface area (Å²) >= 11 is 1.82. The topological polar surface area (TPSA) is 85.3 Å². The van der Waals surface area contributed by atoms with Crippen LogP contribution >= 0.6 is 11.8 Å². The molecule has 0 aliphatic carbocycles. The Balaban J connectivity index is 0.000000132. The Labute approximate surface area is 608 Å². The van der Waals surface area contributed by atoms with Crippen LogP contribution in [0.4, 0.5) is 34.1 Å². The molecule has 13 heteroatoms. The molecule has 6 aromatic heterocycles. The van der Waals surface area contributed by atoms with Gasteiger partial charge >= 0.3 is 0 Å². The molecule has 488 valence electrons. The Bertz CT molecular complexity index is 6750. The summed E-state index contributed by atoms with van der Waals surface area (Å²) in [5, 5.41) is 11.3. The molecule has 3 aliphatic heterocycles. The second-order valence-corrected chi connectivity index (χ2v) is 28.7. The summed E-state index contributed by atoms with van der Waals surface area (Å²) in [5.74, 6) is 0. The number of furan rings is 6. The molecule has 0 bridgehead atoms. The molecule has 0 radical (unpaired) electrons. The van der Waals surface area contributed by atoms with Gasteiger partial charge in [-0.15, -0.1) is 0 Å². The van der Waals surface area contributed by atoms with Gasteiger partial charge in [-0.05, 0) is 159 Å². The van der Waals surface area contributed by atoms with E-state index in [4.69, 9.17) is 26.5 Å². The molecule has 0 spiro atoms. The van der Waals surface area contributed by atoms with Crippen LogP contribution in [0, 0.1) is 0 Å². The van der Waals surface area contributed by atoms with Crippen molar-refractivity contribution in [2.45, 2.75) is 9.79 Å². The van der Waals surface area contributed by atoms with E-state index in [1.54, 1.807) is 12.5 Å². The molecule has 0 saturated carbocycles. The summed E-state index contributed by atoms with van der Waals surface area (Å²) in [5.41, 5.74) is 24.9. The van der Waals surface area contributed by atoms with E-state index in [1.165, 1.54) is 53.6 Å². The SMILES string of the molecule is c1ccc(N(c2ccccc2)c2ccc(B3c4oc5ccccc5c4B(c4ccc5ccccc5c4)c4oc5ccc6occc6c5c43)cc2)cc1.c1ccc2c(c1)Sc1ccccc1N2c1ccc(B2c3oc4cc5occc5cc4c3B(c3ccc4ccccc4c3)c3oc4ccccc4c32)cc1. The number of benzene rings is 14. The fraction of sp³-hybridized carbons (Fsp3) is 0. The Morgan fingerprint density at radius 1 is 0.267 bits per heavy atom. The number of fused-ring (bicyclic) bond motifs is 19. The molecular weight excluding hydrogens is 1300 g/mol. The van der Waals surface area contributed by atoms with Crippen molar-refractivity contribution in [2.75, 3.05) is 9.80 Å². The van der Waals surface area contributed by atoms with Crippen LogP contribution in [0.2, 0.25) is 0 Å². The van der Waals surface area contributed by atoms with Crippen molar-refractivity contribution < 1.29 is 26.5 Å². The maximum atomic E-state index is 7.07. The highest BCUT2D eigenvalue weighted by Gasteiger charge is 2.49. The molecule has 0 N–H and O–H groups in total. The average molecular weight is 1360 g/mol. The Kier molecular flexibility index (Phi) is 13.5. The van der Waals surface area contributed by atoms with Crippen LogP contribution in [-0.4, -0.2) is 26.9 Å². The normalized spacial score (nSPS) is 13.0. The molecule has 0 amide bonds. The lowest BCUT2D eigenvalue weighted by Gasteiger charge is -2.33. The van der Waals surface area contributed by atoms with Gasteiger partial charge in [0.05, 0.1) is 46.5 Å². The zero-order valence-corrected chi connectivity index (χ0v) is 57.2. The molecule has 9 heterocycles. The minimum Gasteiger partial charge on any atom is -0.471 e. The number of anilines is 6. The van der Waals surface area contributed by atoms with Gasteiger partial charge in [-0.2, -0.15) is 0 Å². The number of rotatable bonds is 8. The minimum atomic E-state index is -0.216. The molecule has 0 fully saturated rings. The van der Waals surface area contributed by atoms with Gasteiger partial charge in [0, 0.05) is 70.9 Å². The summed E-state index contributed by atoms with van der Waals surface area (Å²) in [6.07, 6.45) is 3.52. The van der Waals surface area contributed by atoms with E-state index < -0.39 is 0 Å². The third-order valence-corrected chi connectivity index (χ3v) is 23.0. The number of para-hydroxylation sites is 6. The Morgan fingerprint density at radius 2 is 0.705 bits per heavy atom. The van der Waals surface area contributed by atoms with Crippen molar-refractivity contribution in [1.82, 2.24) is 0 Å². The molecule has 0 saturated heterocycles. The number of hydrogen-bond acceptors (Lipinski definition) is 9. The van der Waals surface area contributed by atoms with E-state index in [0.717, 1.165) is 144 Å². The predicted octanol–water partition coefficient (Wildman–Crippen LogP) is 16.3. The van der Waals surface area contributed by atoms with Crippen molar-refractivity contribution in [3.8, 4) is 0 Å². The van der Waals surface area contributed by atoms with Crippen molar-refractivity contribution in [2.24, 2.45) is 0 Å². The van der Waals surface area contributed by atoms with Gasteiger partial charge in [0.25, 0.3) is 26.9 Å². The summed E-state index contributed by atoms with van der Waals surface area (Å²) in [6, 6.07) is 116. The zero-order chi connectivity index (χ0) is 68.8. The van der Waals surface area contributed by atoms with Gasteiger partial charge in [-0.1, -0.05) is 240 Å². The maximum Gasteiger partial charge on any atom is 0.290 e. The molecule has 8 nitrogen and oxygen atoms in total. The van der Waals surface area contributed by atoms with Crippen LogP contribution in [-0.2, 0) is 0 Å². The first kappa shape index (κ1) is 59.7. The first-order valence-electron chi connectivity index (χ1n) is 35.7. The highest BCUT2D eigenvalue weighted by molar-refractivity contribution is 7.99. The molecule has 23 rings (SSSR count). The molecular formula is C92H56B4N2O6S. The Hall–Kier alpha value is -13.0. The lowest BCUT2D eigenvalue weighted by molar-refractivity contribution is 0.612. The molecule has 20 aromatic rings. The van der Waals surface area contributed by atoms with Gasteiger partial charge in [0.1, 0.15) is 33.5 Å². The Morgan fingerprint density at radius 3 is 1.31 bits per heavy atom. The van der Waals surface area contributed by atoms with Crippen LogP contribution in [0.5, 0.6) is 0 Å². The van der Waals surface area contributed by atoms with E-state index in [9.17, 15) is 0 Å². The summed E-state index contributed by atoms with van der Waals surface area (Å²) in [6.45, 7) is -0.747. The molecule has 0 unspecified atom stereocenters. The van der Waals surface area contributed by atoms with Gasteiger partial charge in [-0.25, -0.2) is 0 Å². The quantitative estimate of drug-likeness (QED) is 0.138. The van der Waals surface area contributed by atoms with Crippen LogP contribution in [0.1, 0.15) is 0 Å². The number of hydrogen-bond donors (Lipinski definition) is 0. The summed E-state index contributed by atoms with van der Waals surface area (Å²) in [4.78, 5) is 7.16. The third-order valence-electron chi connectivity index (χ3n) is 21.9. The predicted molar refractivity (Wildman–Crippen MR) is 437 cm³/mol. The summed E-state index contributed by atoms with van der Waals surface area (Å²) < 4.78 is 40.0. The van der Waals surface area contributed by atoms with Crippen molar-refractivity contribution in [3.05, 3.63) is 340 Å². The van der Waals surface area contributed by atoms with E-state index >= 15 is 0 Å². The number of nitrogens with zero attached hydrogens (tertiary/aromatic N) is 2. The van der Waals surface area contributed by atoms with Gasteiger partial charge in [0.15, 0.2) is 0 Å². The highest BCUT2D eigenvalue weighted by Crippen LogP contribution is 2.51. The van der Waals surface area contributed by atoms with Crippen LogP contribution in [0.15, 0.2) is 376 Å². The van der Waals surface area contributed by atoms with Gasteiger partial charge in [0.2, 0.25) is 0 Å². The highest BCUT2D eigenvalue weighted by atomic mass is 32.2. The second-order valence-electron chi connectivity index (χ2n) is 27.6. The summed E-state index contributed by atoms with van der Waals surface area (Å²) in [7, 11) is 0. The van der Waals surface area contributed by atoms with Gasteiger partial charge in [-0.3, -0.25) is 0 Å². The van der Waals surface area contributed by atoms with Crippen molar-refractivity contribution in [3.63, 3.8) is 0 Å². The molecule has 0 atom stereocenters. The zero-order valence-electron chi connectivity index (χ0n) is 56.4. The fourth-order valence-corrected chi connectivity index (χ4v) is 18.3. The maximum absolute atomic E-state index is 7.07. The molecule has 14 aromatic carbocycles. The van der Waals surface area contributed by atoms with E-state index in [1.807, 2.05) is 30.0 Å². The smallest absolute Gasteiger partial charge is 0.290 e. The molecule has 105 heavy (non-hydrogen) atoms. The minimum absolute atomic E-state index is 0.169. The third kappa shape index (κ3) is 9.47. The first-order valence-corrected chi connectivity index (χ1v) is 36.5. The lowest BCUT2D eigenvalue weighted by atomic mass is 9.24. The standard InChI is InChI=1S/C46H27B2NO3S.C46H29B2NO3/c1-2-10-29-25-32(18-17-28(29)9-1)48-44-35-26-30-23-24-50-39(30)27-40(35)52-46(44)47(43-34-11-3-6-14-38(34)51-45(43)48)31-19-21-33(22-20-31)49-36-12-4-7-15-41(36)53-42-16-8-5-13-37(42)49;1-3-13-34(14-4-1)49(35-15-5-2-6-16-35)36-23-21-32(22-24-36)47-44-42-37-27-28-50-39(37)25-26-41(42)52-46(44)48(33-20-19-30-11-7-8-12-31(30)29-33)43-38-17-9-10-18-40(38)51-45(43)47/h1-27H;1-29H. The lowest BCUT2D eigenvalue weighted by Crippen LogP contribution is -2.73. The van der Waals surface area contributed by atoms with Crippen LogP contribution < -0.4 is 76.1 Å². The second kappa shape index (κ2) is 23.8. The average Bonchev–Trinajstić information content (AvgIpc) is 1.56. The van der Waals surface area contributed by atoms with Gasteiger partial charge < -0.3 is 36.3 Å². The van der Waals surface area contributed by atoms with Crippen LogP contribution in [0.3, 0.4) is 0 Å². The van der Waals surface area contributed by atoms with E-state index in [0.29, 0.717) is 0 Å². The van der Waals surface area contributed by atoms with E-state index in [2.05, 4.69) is 319 Å².